The maximum atomic E-state index is 12.7. The predicted octanol–water partition coefficient (Wildman–Crippen LogP) is 4.31. The summed E-state index contributed by atoms with van der Waals surface area (Å²) in [6, 6.07) is 14.3. The van der Waals surface area contributed by atoms with Crippen molar-refractivity contribution in [2.24, 2.45) is 5.92 Å². The van der Waals surface area contributed by atoms with E-state index in [1.807, 2.05) is 57.2 Å². The monoisotopic (exact) mass is 452 g/mol. The molecule has 7 heteroatoms. The number of aliphatic carboxylic acids is 1. The summed E-state index contributed by atoms with van der Waals surface area (Å²) in [5, 5.41) is 14.5. The summed E-state index contributed by atoms with van der Waals surface area (Å²) in [6.07, 6.45) is 0.612. The average Bonchev–Trinajstić information content (AvgIpc) is 3.10. The number of alkyl carbamates (subject to hydrolysis) is 1. The van der Waals surface area contributed by atoms with Gasteiger partial charge in [-0.05, 0) is 41.0 Å². The fourth-order valence-corrected chi connectivity index (χ4v) is 4.30. The number of ether oxygens (including phenoxy) is 1. The topological polar surface area (TPSA) is 105 Å². The van der Waals surface area contributed by atoms with Crippen molar-refractivity contribution in [3.8, 4) is 11.1 Å². The number of amides is 2. The number of rotatable bonds is 10. The van der Waals surface area contributed by atoms with Gasteiger partial charge >= 0.3 is 12.1 Å². The highest BCUT2D eigenvalue weighted by atomic mass is 16.5. The second kappa shape index (κ2) is 11.0. The Morgan fingerprint density at radius 3 is 2.03 bits per heavy atom. The van der Waals surface area contributed by atoms with Crippen LogP contribution in [0, 0.1) is 5.92 Å². The Morgan fingerprint density at radius 2 is 1.52 bits per heavy atom. The molecule has 2 aromatic rings. The lowest BCUT2D eigenvalue weighted by Crippen LogP contribution is -2.52. The molecule has 0 bridgehead atoms. The molecular formula is C26H32N2O5. The van der Waals surface area contributed by atoms with Gasteiger partial charge in [-0.25, -0.2) is 9.59 Å². The molecule has 33 heavy (non-hydrogen) atoms. The van der Waals surface area contributed by atoms with Crippen molar-refractivity contribution in [2.75, 3.05) is 6.61 Å². The van der Waals surface area contributed by atoms with E-state index < -0.39 is 30.1 Å². The van der Waals surface area contributed by atoms with Crippen LogP contribution in [0.5, 0.6) is 0 Å². The molecule has 2 aromatic carbocycles. The normalized spacial score (nSPS) is 14.2. The number of fused-ring (bicyclic) bond motifs is 3. The molecule has 7 nitrogen and oxygen atoms in total. The summed E-state index contributed by atoms with van der Waals surface area (Å²) in [7, 11) is 0. The predicted molar refractivity (Wildman–Crippen MR) is 126 cm³/mol. The molecule has 1 aliphatic rings. The van der Waals surface area contributed by atoms with Gasteiger partial charge in [0.05, 0.1) is 0 Å². The van der Waals surface area contributed by atoms with Crippen LogP contribution in [0.25, 0.3) is 11.1 Å². The molecule has 3 rings (SSSR count). The minimum atomic E-state index is -1.09. The molecule has 0 aliphatic heterocycles. The van der Waals surface area contributed by atoms with E-state index in [9.17, 15) is 19.5 Å². The zero-order valence-electron chi connectivity index (χ0n) is 19.3. The van der Waals surface area contributed by atoms with Gasteiger partial charge in [0.1, 0.15) is 18.7 Å². The van der Waals surface area contributed by atoms with Crippen LogP contribution in [-0.2, 0) is 14.3 Å². The van der Waals surface area contributed by atoms with Crippen molar-refractivity contribution in [1.29, 1.82) is 0 Å². The first-order valence-electron chi connectivity index (χ1n) is 11.5. The first-order valence-corrected chi connectivity index (χ1v) is 11.5. The molecule has 0 spiro atoms. The van der Waals surface area contributed by atoms with E-state index in [0.717, 1.165) is 22.3 Å². The number of carbonyl (C=O) groups is 3. The largest absolute Gasteiger partial charge is 0.480 e. The molecule has 0 radical (unpaired) electrons. The van der Waals surface area contributed by atoms with Gasteiger partial charge < -0.3 is 20.5 Å². The van der Waals surface area contributed by atoms with Crippen LogP contribution in [0.15, 0.2) is 48.5 Å². The van der Waals surface area contributed by atoms with Gasteiger partial charge in [0.25, 0.3) is 0 Å². The van der Waals surface area contributed by atoms with Crippen LogP contribution in [0.2, 0.25) is 0 Å². The maximum absolute atomic E-state index is 12.7. The van der Waals surface area contributed by atoms with Crippen LogP contribution in [-0.4, -0.2) is 41.8 Å². The highest BCUT2D eigenvalue weighted by Crippen LogP contribution is 2.44. The smallest absolute Gasteiger partial charge is 0.407 e. The van der Waals surface area contributed by atoms with Crippen molar-refractivity contribution >= 4 is 18.0 Å². The van der Waals surface area contributed by atoms with Gasteiger partial charge in [-0.3, -0.25) is 4.79 Å². The first kappa shape index (κ1) is 24.3. The molecule has 2 amide bonds. The lowest BCUT2D eigenvalue weighted by atomic mass is 9.98. The number of nitrogens with one attached hydrogen (secondary N) is 2. The van der Waals surface area contributed by atoms with E-state index in [1.54, 1.807) is 0 Å². The third kappa shape index (κ3) is 5.92. The Morgan fingerprint density at radius 1 is 0.939 bits per heavy atom. The quantitative estimate of drug-likeness (QED) is 0.498. The zero-order valence-corrected chi connectivity index (χ0v) is 19.3. The van der Waals surface area contributed by atoms with E-state index in [-0.39, 0.29) is 18.4 Å². The van der Waals surface area contributed by atoms with Gasteiger partial charge in [0, 0.05) is 5.92 Å². The Labute approximate surface area is 194 Å². The van der Waals surface area contributed by atoms with Gasteiger partial charge in [0.2, 0.25) is 5.91 Å². The number of carboxylic acid groups (broad SMARTS) is 1. The van der Waals surface area contributed by atoms with Crippen LogP contribution < -0.4 is 10.6 Å². The molecule has 0 aromatic heterocycles. The number of benzene rings is 2. The number of carbonyl (C=O) groups excluding carboxylic acids is 2. The fourth-order valence-electron chi connectivity index (χ4n) is 4.30. The minimum Gasteiger partial charge on any atom is -0.480 e. The molecule has 0 fully saturated rings. The second-order valence-electron chi connectivity index (χ2n) is 8.84. The van der Waals surface area contributed by atoms with E-state index in [0.29, 0.717) is 19.3 Å². The Kier molecular flexibility index (Phi) is 8.09. The third-order valence-corrected chi connectivity index (χ3v) is 5.85. The lowest BCUT2D eigenvalue weighted by Gasteiger charge is -2.23. The molecular weight excluding hydrogens is 420 g/mol. The zero-order chi connectivity index (χ0) is 24.0. The summed E-state index contributed by atoms with van der Waals surface area (Å²) in [5.74, 6) is -1.57. The average molecular weight is 453 g/mol. The molecule has 3 N–H and O–H groups in total. The number of hydrogen-bond acceptors (Lipinski definition) is 4. The van der Waals surface area contributed by atoms with Gasteiger partial charge in [-0.1, -0.05) is 75.7 Å². The van der Waals surface area contributed by atoms with Gasteiger partial charge in [0.15, 0.2) is 0 Å². The lowest BCUT2D eigenvalue weighted by molar-refractivity contribution is -0.142. The first-order chi connectivity index (χ1) is 15.8. The summed E-state index contributed by atoms with van der Waals surface area (Å²) in [4.78, 5) is 36.8. The van der Waals surface area contributed by atoms with Gasteiger partial charge in [-0.15, -0.1) is 0 Å². The van der Waals surface area contributed by atoms with Gasteiger partial charge in [-0.2, -0.15) is 0 Å². The summed E-state index contributed by atoms with van der Waals surface area (Å²) in [5.41, 5.74) is 4.48. The summed E-state index contributed by atoms with van der Waals surface area (Å²) < 4.78 is 5.56. The third-order valence-electron chi connectivity index (χ3n) is 5.85. The number of hydrogen-bond donors (Lipinski definition) is 3. The molecule has 0 heterocycles. The second-order valence-corrected chi connectivity index (χ2v) is 8.84. The van der Waals surface area contributed by atoms with Crippen molar-refractivity contribution in [3.63, 3.8) is 0 Å². The Balaban J connectivity index is 1.66. The highest BCUT2D eigenvalue weighted by molar-refractivity contribution is 5.89. The summed E-state index contributed by atoms with van der Waals surface area (Å²) >= 11 is 0. The van der Waals surface area contributed by atoms with E-state index >= 15 is 0 Å². The van der Waals surface area contributed by atoms with E-state index in [4.69, 9.17) is 4.74 Å². The van der Waals surface area contributed by atoms with Crippen molar-refractivity contribution in [2.45, 2.75) is 58.0 Å². The van der Waals surface area contributed by atoms with E-state index in [2.05, 4.69) is 22.8 Å². The minimum absolute atomic E-state index is 0.0820. The van der Waals surface area contributed by atoms with Crippen LogP contribution in [0.3, 0.4) is 0 Å². The van der Waals surface area contributed by atoms with Crippen LogP contribution in [0.4, 0.5) is 4.79 Å². The molecule has 0 saturated carbocycles. The van der Waals surface area contributed by atoms with Crippen molar-refractivity contribution < 1.29 is 24.2 Å². The van der Waals surface area contributed by atoms with Crippen LogP contribution >= 0.6 is 0 Å². The molecule has 0 saturated heterocycles. The SMILES string of the molecule is CCC[C@H](NC(=O)[C@H](CC(C)C)NC(=O)OCC1c2ccccc2-c2ccccc21)C(=O)O. The summed E-state index contributed by atoms with van der Waals surface area (Å²) in [6.45, 7) is 5.85. The Bertz CT molecular complexity index is 958. The molecule has 2 atom stereocenters. The van der Waals surface area contributed by atoms with Crippen LogP contribution in [0.1, 0.15) is 57.1 Å². The standard InChI is InChI=1S/C26H32N2O5/c1-4-9-22(25(30)31)27-24(29)23(14-16(2)3)28-26(32)33-15-21-19-12-7-5-10-17(19)18-11-6-8-13-20(18)21/h5-8,10-13,16,21-23H,4,9,14-15H2,1-3H3,(H,27,29)(H,28,32)(H,30,31)/t22-,23-/m0/s1. The fraction of sp³-hybridized carbons (Fsp3) is 0.423. The van der Waals surface area contributed by atoms with Crippen molar-refractivity contribution in [1.82, 2.24) is 10.6 Å². The molecule has 0 unspecified atom stereocenters. The molecule has 1 aliphatic carbocycles. The highest BCUT2D eigenvalue weighted by Gasteiger charge is 2.30. The maximum Gasteiger partial charge on any atom is 0.407 e. The number of carboxylic acids is 1. The van der Waals surface area contributed by atoms with Crippen molar-refractivity contribution in [3.05, 3.63) is 59.7 Å². The Hall–Kier alpha value is -3.35. The molecule has 176 valence electrons. The van der Waals surface area contributed by atoms with E-state index in [1.165, 1.54) is 0 Å².